The summed E-state index contributed by atoms with van der Waals surface area (Å²) in [5, 5.41) is 27.0. The Bertz CT molecular complexity index is 764. The summed E-state index contributed by atoms with van der Waals surface area (Å²) >= 11 is 0. The molecular formula is C25H42N4O7. The zero-order chi connectivity index (χ0) is 26.5. The number of carbonyl (C=O) groups excluding carboxylic acids is 3. The van der Waals surface area contributed by atoms with E-state index in [0.29, 0.717) is 31.7 Å². The zero-order valence-corrected chi connectivity index (χ0v) is 21.3. The number of likely N-dealkylation sites (N-methyl/N-ethyl adjacent to an activating group) is 1. The topological polar surface area (TPSA) is 165 Å². The normalized spacial score (nSPS) is 18.6. The molecule has 3 amide bonds. The molecule has 1 saturated heterocycles. The van der Waals surface area contributed by atoms with Crippen molar-refractivity contribution in [3.8, 4) is 0 Å². The van der Waals surface area contributed by atoms with E-state index in [4.69, 9.17) is 0 Å². The van der Waals surface area contributed by atoms with Crippen LogP contribution in [0, 0.1) is 11.8 Å². The summed E-state index contributed by atoms with van der Waals surface area (Å²) in [6.45, 7) is 3.76. The van der Waals surface area contributed by atoms with Crippen LogP contribution in [0.1, 0.15) is 77.6 Å². The van der Waals surface area contributed by atoms with Gasteiger partial charge in [0.05, 0.1) is 13.0 Å². The number of aliphatic carboxylic acids is 2. The Morgan fingerprint density at radius 2 is 1.64 bits per heavy atom. The van der Waals surface area contributed by atoms with E-state index in [9.17, 15) is 34.2 Å². The monoisotopic (exact) mass is 510 g/mol. The van der Waals surface area contributed by atoms with Crippen LogP contribution >= 0.6 is 0 Å². The van der Waals surface area contributed by atoms with Crippen molar-refractivity contribution in [1.29, 1.82) is 0 Å². The molecule has 2 rings (SSSR count). The number of amides is 3. The van der Waals surface area contributed by atoms with E-state index < -0.39 is 42.3 Å². The maximum Gasteiger partial charge on any atom is 0.326 e. The molecular weight excluding hydrogens is 468 g/mol. The van der Waals surface area contributed by atoms with E-state index in [0.717, 1.165) is 58.0 Å². The van der Waals surface area contributed by atoms with Crippen LogP contribution in [-0.4, -0.2) is 83.0 Å². The first-order chi connectivity index (χ1) is 17.2. The molecule has 11 heteroatoms. The van der Waals surface area contributed by atoms with Crippen molar-refractivity contribution in [3.05, 3.63) is 0 Å². The van der Waals surface area contributed by atoms with E-state index in [1.807, 2.05) is 0 Å². The van der Waals surface area contributed by atoms with Crippen LogP contribution < -0.4 is 16.0 Å². The van der Waals surface area contributed by atoms with Gasteiger partial charge < -0.3 is 31.1 Å². The second-order valence-corrected chi connectivity index (χ2v) is 9.93. The number of hydrogen-bond acceptors (Lipinski definition) is 6. The molecule has 2 atom stereocenters. The van der Waals surface area contributed by atoms with Gasteiger partial charge in [-0.2, -0.15) is 0 Å². The van der Waals surface area contributed by atoms with Crippen LogP contribution in [0.2, 0.25) is 0 Å². The molecule has 0 spiro atoms. The Hall–Kier alpha value is -2.69. The number of hydrogen-bond donors (Lipinski definition) is 5. The van der Waals surface area contributed by atoms with Gasteiger partial charge in [0.2, 0.25) is 17.7 Å². The minimum atomic E-state index is -1.44. The molecule has 0 aromatic carbocycles. The van der Waals surface area contributed by atoms with Crippen LogP contribution in [0.5, 0.6) is 0 Å². The highest BCUT2D eigenvalue weighted by molar-refractivity contribution is 5.94. The van der Waals surface area contributed by atoms with Gasteiger partial charge in [0.1, 0.15) is 12.1 Å². The Kier molecular flexibility index (Phi) is 12.7. The third-order valence-electron chi connectivity index (χ3n) is 7.25. The quantitative estimate of drug-likeness (QED) is 0.232. The van der Waals surface area contributed by atoms with Crippen LogP contribution in [0.3, 0.4) is 0 Å². The molecule has 204 valence electrons. The van der Waals surface area contributed by atoms with Crippen LogP contribution in [0.15, 0.2) is 0 Å². The van der Waals surface area contributed by atoms with Crippen molar-refractivity contribution in [3.63, 3.8) is 0 Å². The van der Waals surface area contributed by atoms with Gasteiger partial charge in [-0.25, -0.2) is 4.79 Å². The zero-order valence-electron chi connectivity index (χ0n) is 21.3. The lowest BCUT2D eigenvalue weighted by molar-refractivity contribution is -0.145. The van der Waals surface area contributed by atoms with E-state index in [2.05, 4.69) is 16.0 Å². The van der Waals surface area contributed by atoms with Gasteiger partial charge in [-0.15, -0.1) is 0 Å². The second-order valence-electron chi connectivity index (χ2n) is 9.93. The molecule has 0 radical (unpaired) electrons. The summed E-state index contributed by atoms with van der Waals surface area (Å²) in [4.78, 5) is 62.6. The highest BCUT2D eigenvalue weighted by atomic mass is 16.4. The molecule has 1 aliphatic carbocycles. The number of carboxylic acids is 2. The van der Waals surface area contributed by atoms with Crippen molar-refractivity contribution in [2.45, 2.75) is 89.6 Å². The van der Waals surface area contributed by atoms with Gasteiger partial charge in [-0.3, -0.25) is 19.2 Å². The van der Waals surface area contributed by atoms with E-state index >= 15 is 0 Å². The minimum Gasteiger partial charge on any atom is -0.481 e. The summed E-state index contributed by atoms with van der Waals surface area (Å²) < 4.78 is 0. The second kappa shape index (κ2) is 15.4. The fourth-order valence-corrected chi connectivity index (χ4v) is 5.15. The van der Waals surface area contributed by atoms with Crippen molar-refractivity contribution in [2.24, 2.45) is 11.8 Å². The Morgan fingerprint density at radius 3 is 2.22 bits per heavy atom. The van der Waals surface area contributed by atoms with Crippen LogP contribution in [0.4, 0.5) is 0 Å². The van der Waals surface area contributed by atoms with Gasteiger partial charge in [0, 0.05) is 13.0 Å². The molecule has 36 heavy (non-hydrogen) atoms. The maximum atomic E-state index is 12.8. The first-order valence-corrected chi connectivity index (χ1v) is 13.2. The summed E-state index contributed by atoms with van der Waals surface area (Å²) in [7, 11) is 0. The van der Waals surface area contributed by atoms with Crippen LogP contribution in [-0.2, 0) is 24.0 Å². The third kappa shape index (κ3) is 10.1. The largest absolute Gasteiger partial charge is 0.481 e. The number of carboxylic acid groups (broad SMARTS) is 2. The predicted octanol–water partition coefficient (Wildman–Crippen LogP) is 1.11. The lowest BCUT2D eigenvalue weighted by atomic mass is 9.83. The fourth-order valence-electron chi connectivity index (χ4n) is 5.15. The minimum absolute atomic E-state index is 0.163. The van der Waals surface area contributed by atoms with E-state index in [1.54, 1.807) is 6.92 Å². The van der Waals surface area contributed by atoms with Gasteiger partial charge >= 0.3 is 11.9 Å². The third-order valence-corrected chi connectivity index (χ3v) is 7.25. The molecule has 5 N–H and O–H groups in total. The molecule has 0 aromatic heterocycles. The smallest absolute Gasteiger partial charge is 0.326 e. The van der Waals surface area contributed by atoms with Crippen LogP contribution in [0.25, 0.3) is 0 Å². The lowest BCUT2D eigenvalue weighted by Crippen LogP contribution is -2.55. The van der Waals surface area contributed by atoms with Crippen molar-refractivity contribution in [2.75, 3.05) is 26.2 Å². The molecule has 11 nitrogen and oxygen atoms in total. The van der Waals surface area contributed by atoms with E-state index in [-0.39, 0.29) is 18.4 Å². The molecule has 1 heterocycles. The molecule has 2 fully saturated rings. The summed E-state index contributed by atoms with van der Waals surface area (Å²) in [5.41, 5.74) is 0. The molecule has 0 unspecified atom stereocenters. The lowest BCUT2D eigenvalue weighted by Gasteiger charge is -2.29. The molecule has 2 aliphatic rings. The number of piperidine rings is 1. The Balaban J connectivity index is 1.90. The molecule has 0 aromatic rings. The van der Waals surface area contributed by atoms with Crippen molar-refractivity contribution in [1.82, 2.24) is 20.9 Å². The fraction of sp³-hybridized carbons (Fsp3) is 0.800. The first-order valence-electron chi connectivity index (χ1n) is 13.2. The van der Waals surface area contributed by atoms with Crippen molar-refractivity contribution >= 4 is 29.7 Å². The number of nitrogens with one attached hydrogen (secondary N) is 3. The average molecular weight is 511 g/mol. The molecule has 0 bridgehead atoms. The standard InChI is InChI=1S/C25H42N4O7/c1-2-29(21(31)10-6-7-17-11-13-26-14-12-17)16-20(30)27-19(15-22(32)33)24(34)28-23(25(35)36)18-8-4-3-5-9-18/h17-19,23,26H,2-16H2,1H3,(H,27,30)(H,28,34)(H,32,33)(H,35,36)/t19-,23-/m0/s1. The predicted molar refractivity (Wildman–Crippen MR) is 132 cm³/mol. The summed E-state index contributed by atoms with van der Waals surface area (Å²) in [6, 6.07) is -2.58. The first kappa shape index (κ1) is 29.5. The number of nitrogens with zero attached hydrogens (tertiary/aromatic N) is 1. The van der Waals surface area contributed by atoms with Crippen molar-refractivity contribution < 1.29 is 34.2 Å². The maximum absolute atomic E-state index is 12.8. The molecule has 1 aliphatic heterocycles. The summed E-state index contributed by atoms with van der Waals surface area (Å²) in [5.74, 6) is -3.78. The van der Waals surface area contributed by atoms with Gasteiger partial charge in [-0.1, -0.05) is 19.3 Å². The number of carbonyl (C=O) groups is 5. The Morgan fingerprint density at radius 1 is 0.972 bits per heavy atom. The highest BCUT2D eigenvalue weighted by Crippen LogP contribution is 2.26. The highest BCUT2D eigenvalue weighted by Gasteiger charge is 2.34. The summed E-state index contributed by atoms with van der Waals surface area (Å²) in [6.07, 6.45) is 7.63. The average Bonchev–Trinajstić information content (AvgIpc) is 2.85. The van der Waals surface area contributed by atoms with E-state index in [1.165, 1.54) is 4.90 Å². The van der Waals surface area contributed by atoms with Gasteiger partial charge in [0.25, 0.3) is 0 Å². The molecule has 1 saturated carbocycles. The number of rotatable bonds is 14. The SMILES string of the molecule is CCN(CC(=O)N[C@@H](CC(=O)O)C(=O)N[C@H](C(=O)O)C1CCCCC1)C(=O)CCCC1CCNCC1. The van der Waals surface area contributed by atoms with Gasteiger partial charge in [-0.05, 0) is 70.4 Å². The Labute approximate surface area is 212 Å². The van der Waals surface area contributed by atoms with Gasteiger partial charge in [0.15, 0.2) is 0 Å².